The van der Waals surface area contributed by atoms with E-state index in [1.54, 1.807) is 7.11 Å². The smallest absolute Gasteiger partial charge is 0.278 e. The van der Waals surface area contributed by atoms with E-state index in [1.807, 2.05) is 47.4 Å². The minimum Gasteiger partial charge on any atom is -0.497 e. The predicted molar refractivity (Wildman–Crippen MR) is 128 cm³/mol. The van der Waals surface area contributed by atoms with E-state index >= 15 is 0 Å². The summed E-state index contributed by atoms with van der Waals surface area (Å²) >= 11 is 0. The van der Waals surface area contributed by atoms with Crippen molar-refractivity contribution in [2.75, 3.05) is 25.1 Å². The number of carbonyl (C=O) groups is 2. The fourth-order valence-corrected chi connectivity index (χ4v) is 4.66. The van der Waals surface area contributed by atoms with Crippen LogP contribution in [0.1, 0.15) is 56.6 Å². The van der Waals surface area contributed by atoms with Crippen molar-refractivity contribution in [1.29, 1.82) is 0 Å². The second kappa shape index (κ2) is 10.0. The summed E-state index contributed by atoms with van der Waals surface area (Å²) in [6, 6.07) is 15.6. The van der Waals surface area contributed by atoms with Crippen molar-refractivity contribution in [3.8, 4) is 5.75 Å². The molecule has 4 rings (SSSR count). The Kier molecular flexibility index (Phi) is 6.93. The minimum absolute atomic E-state index is 0.175. The fraction of sp³-hybridized carbons (Fsp3) is 0.407. The van der Waals surface area contributed by atoms with Gasteiger partial charge in [-0.05, 0) is 42.2 Å². The van der Waals surface area contributed by atoms with Gasteiger partial charge in [0.1, 0.15) is 11.4 Å². The molecule has 0 spiro atoms. The Morgan fingerprint density at radius 3 is 2.34 bits per heavy atom. The molecule has 0 saturated carbocycles. The molecule has 2 aromatic carbocycles. The number of hydrogen-bond donors (Lipinski definition) is 0. The number of nitrogens with zero attached hydrogens (tertiary/aromatic N) is 2. The van der Waals surface area contributed by atoms with Gasteiger partial charge in [0.25, 0.3) is 11.8 Å². The first-order valence-electron chi connectivity index (χ1n) is 11.8. The summed E-state index contributed by atoms with van der Waals surface area (Å²) in [7, 11) is 1.62. The first-order chi connectivity index (χ1) is 15.7. The molecular weight excluding hydrogens is 400 g/mol. The highest BCUT2D eigenvalue weighted by atomic mass is 16.5. The largest absolute Gasteiger partial charge is 0.497 e. The van der Waals surface area contributed by atoms with Gasteiger partial charge in [0.2, 0.25) is 0 Å². The molecule has 0 aromatic heterocycles. The lowest BCUT2D eigenvalue weighted by Crippen LogP contribution is -2.35. The number of amides is 2. The van der Waals surface area contributed by atoms with E-state index in [2.05, 4.69) is 13.0 Å². The Labute approximate surface area is 190 Å². The van der Waals surface area contributed by atoms with E-state index in [0.29, 0.717) is 24.4 Å². The molecule has 0 saturated heterocycles. The maximum absolute atomic E-state index is 13.6. The maximum Gasteiger partial charge on any atom is 0.278 e. The standard InChI is InChI=1S/C27H32N2O3/c1-3-4-5-6-7-10-18-29-26(30)24(21-13-15-22(32-2)16-14-21)25(27(29)31)28-19-17-20-11-8-9-12-23(20)28/h8-9,11-16H,3-7,10,17-19H2,1-2H3. The molecule has 2 amide bonds. The van der Waals surface area contributed by atoms with Crippen molar-refractivity contribution in [1.82, 2.24) is 4.90 Å². The lowest BCUT2D eigenvalue weighted by atomic mass is 10.0. The Morgan fingerprint density at radius 2 is 1.59 bits per heavy atom. The Bertz CT molecular complexity index is 1010. The SMILES string of the molecule is CCCCCCCCN1C(=O)C(c2ccc(OC)cc2)=C(N2CCc3ccccc32)C1=O. The summed E-state index contributed by atoms with van der Waals surface area (Å²) in [6.45, 7) is 3.38. The first-order valence-corrected chi connectivity index (χ1v) is 11.8. The minimum atomic E-state index is -0.187. The summed E-state index contributed by atoms with van der Waals surface area (Å²) in [6.07, 6.45) is 7.56. The zero-order chi connectivity index (χ0) is 22.5. The number of para-hydroxylation sites is 1. The summed E-state index contributed by atoms with van der Waals surface area (Å²) in [5, 5.41) is 0. The van der Waals surface area contributed by atoms with Crippen molar-refractivity contribution >= 4 is 23.1 Å². The van der Waals surface area contributed by atoms with E-state index in [0.717, 1.165) is 42.7 Å². The average molecular weight is 433 g/mol. The molecule has 2 aliphatic heterocycles. The average Bonchev–Trinajstić information content (AvgIpc) is 3.35. The second-order valence-electron chi connectivity index (χ2n) is 8.51. The molecule has 32 heavy (non-hydrogen) atoms. The van der Waals surface area contributed by atoms with Gasteiger partial charge >= 0.3 is 0 Å². The maximum atomic E-state index is 13.6. The van der Waals surface area contributed by atoms with Gasteiger partial charge in [-0.25, -0.2) is 0 Å². The molecule has 2 aromatic rings. The van der Waals surface area contributed by atoms with Crippen LogP contribution < -0.4 is 9.64 Å². The third-order valence-electron chi connectivity index (χ3n) is 6.41. The zero-order valence-electron chi connectivity index (χ0n) is 19.1. The van der Waals surface area contributed by atoms with E-state index < -0.39 is 0 Å². The number of unbranched alkanes of at least 4 members (excludes halogenated alkanes) is 5. The van der Waals surface area contributed by atoms with Crippen LogP contribution in [0.2, 0.25) is 0 Å². The molecule has 0 N–H and O–H groups in total. The normalized spacial score (nSPS) is 15.7. The molecule has 0 unspecified atom stereocenters. The number of imide groups is 1. The van der Waals surface area contributed by atoms with Gasteiger partial charge in [0, 0.05) is 18.8 Å². The van der Waals surface area contributed by atoms with Gasteiger partial charge in [-0.2, -0.15) is 0 Å². The van der Waals surface area contributed by atoms with Gasteiger partial charge in [0.05, 0.1) is 12.7 Å². The summed E-state index contributed by atoms with van der Waals surface area (Å²) in [4.78, 5) is 30.6. The van der Waals surface area contributed by atoms with Crippen molar-refractivity contribution in [3.05, 3.63) is 65.4 Å². The Hall–Kier alpha value is -3.08. The highest BCUT2D eigenvalue weighted by Crippen LogP contribution is 2.38. The van der Waals surface area contributed by atoms with Crippen LogP contribution in [0.25, 0.3) is 5.57 Å². The van der Waals surface area contributed by atoms with E-state index in [4.69, 9.17) is 4.74 Å². The summed E-state index contributed by atoms with van der Waals surface area (Å²) in [5.74, 6) is 0.363. The highest BCUT2D eigenvalue weighted by molar-refractivity contribution is 6.36. The third kappa shape index (κ3) is 4.29. The molecular formula is C27H32N2O3. The van der Waals surface area contributed by atoms with Crippen molar-refractivity contribution < 1.29 is 14.3 Å². The number of anilines is 1. The highest BCUT2D eigenvalue weighted by Gasteiger charge is 2.42. The molecule has 5 nitrogen and oxygen atoms in total. The lowest BCUT2D eigenvalue weighted by molar-refractivity contribution is -0.136. The van der Waals surface area contributed by atoms with Crippen LogP contribution in [0, 0.1) is 0 Å². The summed E-state index contributed by atoms with van der Waals surface area (Å²) < 4.78 is 5.28. The molecule has 168 valence electrons. The van der Waals surface area contributed by atoms with Crippen LogP contribution in [0.5, 0.6) is 5.75 Å². The Balaban J connectivity index is 1.63. The van der Waals surface area contributed by atoms with Crippen LogP contribution in [-0.2, 0) is 16.0 Å². The van der Waals surface area contributed by atoms with Crippen LogP contribution in [0.3, 0.4) is 0 Å². The van der Waals surface area contributed by atoms with Crippen LogP contribution in [0.15, 0.2) is 54.2 Å². The van der Waals surface area contributed by atoms with Gasteiger partial charge in [-0.1, -0.05) is 69.4 Å². The van der Waals surface area contributed by atoms with Gasteiger partial charge in [0.15, 0.2) is 0 Å². The van der Waals surface area contributed by atoms with Crippen molar-refractivity contribution in [3.63, 3.8) is 0 Å². The predicted octanol–water partition coefficient (Wildman–Crippen LogP) is 5.20. The molecule has 0 radical (unpaired) electrons. The number of fused-ring (bicyclic) bond motifs is 1. The van der Waals surface area contributed by atoms with Crippen molar-refractivity contribution in [2.24, 2.45) is 0 Å². The van der Waals surface area contributed by atoms with Gasteiger partial charge < -0.3 is 9.64 Å². The quantitative estimate of drug-likeness (QED) is 0.383. The molecule has 5 heteroatoms. The molecule has 2 aliphatic rings. The molecule has 2 heterocycles. The van der Waals surface area contributed by atoms with Crippen LogP contribution in [-0.4, -0.2) is 36.9 Å². The van der Waals surface area contributed by atoms with E-state index in [9.17, 15) is 9.59 Å². The number of rotatable bonds is 10. The number of hydrogen-bond acceptors (Lipinski definition) is 4. The van der Waals surface area contributed by atoms with E-state index in [-0.39, 0.29) is 11.8 Å². The monoisotopic (exact) mass is 432 g/mol. The van der Waals surface area contributed by atoms with Crippen molar-refractivity contribution in [2.45, 2.75) is 51.9 Å². The number of carbonyl (C=O) groups excluding carboxylic acids is 2. The number of methoxy groups -OCH3 is 1. The molecule has 0 bridgehead atoms. The zero-order valence-corrected chi connectivity index (χ0v) is 19.1. The molecule has 0 atom stereocenters. The van der Waals surface area contributed by atoms with Crippen LogP contribution >= 0.6 is 0 Å². The lowest BCUT2D eigenvalue weighted by Gasteiger charge is -2.21. The summed E-state index contributed by atoms with van der Waals surface area (Å²) in [5.41, 5.74) is 4.00. The Morgan fingerprint density at radius 1 is 0.875 bits per heavy atom. The van der Waals surface area contributed by atoms with E-state index in [1.165, 1.54) is 29.7 Å². The second-order valence-corrected chi connectivity index (χ2v) is 8.51. The topological polar surface area (TPSA) is 49.9 Å². The number of benzene rings is 2. The van der Waals surface area contributed by atoms with Gasteiger partial charge in [-0.15, -0.1) is 0 Å². The third-order valence-corrected chi connectivity index (χ3v) is 6.41. The number of ether oxygens (including phenoxy) is 1. The molecule has 0 aliphatic carbocycles. The fourth-order valence-electron chi connectivity index (χ4n) is 4.66. The van der Waals surface area contributed by atoms with Gasteiger partial charge in [-0.3, -0.25) is 14.5 Å². The van der Waals surface area contributed by atoms with Crippen LogP contribution in [0.4, 0.5) is 5.69 Å². The molecule has 0 fully saturated rings. The first kappa shape index (κ1) is 22.1.